The third-order valence-corrected chi connectivity index (χ3v) is 4.51. The number of fused-ring (bicyclic) bond motifs is 1. The molecule has 0 radical (unpaired) electrons. The van der Waals surface area contributed by atoms with Crippen molar-refractivity contribution in [3.8, 4) is 0 Å². The van der Waals surface area contributed by atoms with E-state index < -0.39 is 0 Å². The van der Waals surface area contributed by atoms with Crippen LogP contribution in [-0.4, -0.2) is 76.8 Å². The molecule has 0 saturated carbocycles. The first-order valence-corrected chi connectivity index (χ1v) is 7.83. The molecule has 1 N–H and O–H groups in total. The van der Waals surface area contributed by atoms with Gasteiger partial charge in [-0.1, -0.05) is 0 Å². The van der Waals surface area contributed by atoms with E-state index in [-0.39, 0.29) is 30.5 Å². The van der Waals surface area contributed by atoms with Gasteiger partial charge in [-0.25, -0.2) is 0 Å². The summed E-state index contributed by atoms with van der Waals surface area (Å²) >= 11 is 0. The van der Waals surface area contributed by atoms with E-state index in [0.717, 1.165) is 11.4 Å². The molecular weight excluding hydrogens is 298 g/mol. The van der Waals surface area contributed by atoms with Crippen molar-refractivity contribution >= 4 is 17.5 Å². The topological polar surface area (TPSA) is 79.7 Å². The van der Waals surface area contributed by atoms with Gasteiger partial charge in [0, 0.05) is 33.4 Å². The molecule has 0 spiro atoms. The first kappa shape index (κ1) is 15.9. The predicted molar refractivity (Wildman–Crippen MR) is 83.9 cm³/mol. The van der Waals surface area contributed by atoms with Crippen LogP contribution in [0.3, 0.4) is 0 Å². The zero-order valence-electron chi connectivity index (χ0n) is 13.8. The van der Waals surface area contributed by atoms with E-state index in [4.69, 9.17) is 4.74 Å². The Labute approximate surface area is 135 Å². The first-order chi connectivity index (χ1) is 10.9. The lowest BCUT2D eigenvalue weighted by atomic mass is 10.2. The number of anilines is 1. The molecule has 0 aliphatic carbocycles. The molecule has 2 fully saturated rings. The lowest BCUT2D eigenvalue weighted by molar-refractivity contribution is -0.131. The van der Waals surface area contributed by atoms with Crippen molar-refractivity contribution in [2.45, 2.75) is 25.5 Å². The molecule has 2 aliphatic heterocycles. The van der Waals surface area contributed by atoms with Crippen molar-refractivity contribution in [2.24, 2.45) is 7.05 Å². The molecule has 8 heteroatoms. The van der Waals surface area contributed by atoms with Crippen LogP contribution in [0.5, 0.6) is 0 Å². The van der Waals surface area contributed by atoms with E-state index in [2.05, 4.69) is 10.4 Å². The van der Waals surface area contributed by atoms with Crippen LogP contribution in [0.25, 0.3) is 0 Å². The van der Waals surface area contributed by atoms with Crippen molar-refractivity contribution in [3.63, 3.8) is 0 Å². The lowest BCUT2D eigenvalue weighted by Gasteiger charge is -2.25. The zero-order valence-corrected chi connectivity index (χ0v) is 13.8. The number of likely N-dealkylation sites (tertiary alicyclic amines) is 1. The summed E-state index contributed by atoms with van der Waals surface area (Å²) < 4.78 is 7.44. The van der Waals surface area contributed by atoms with Crippen LogP contribution < -0.4 is 5.32 Å². The molecule has 2 aliphatic rings. The van der Waals surface area contributed by atoms with Crippen LogP contribution >= 0.6 is 0 Å². The van der Waals surface area contributed by atoms with Crippen molar-refractivity contribution in [3.05, 3.63) is 11.9 Å². The van der Waals surface area contributed by atoms with E-state index in [1.807, 2.05) is 25.9 Å². The number of ether oxygens (including phenoxy) is 1. The minimum atomic E-state index is -0.0773. The summed E-state index contributed by atoms with van der Waals surface area (Å²) in [6.45, 7) is 3.93. The van der Waals surface area contributed by atoms with Gasteiger partial charge in [0.2, 0.25) is 11.8 Å². The molecule has 1 aromatic heterocycles. The summed E-state index contributed by atoms with van der Waals surface area (Å²) in [5.74, 6) is 0.0290. The number of hydrogen-bond donors (Lipinski definition) is 1. The highest BCUT2D eigenvalue weighted by atomic mass is 16.5. The van der Waals surface area contributed by atoms with Crippen LogP contribution in [-0.2, 0) is 21.4 Å². The fourth-order valence-corrected chi connectivity index (χ4v) is 3.27. The summed E-state index contributed by atoms with van der Waals surface area (Å²) in [5.41, 5.74) is 1.52. The van der Waals surface area contributed by atoms with Crippen molar-refractivity contribution in [2.75, 3.05) is 38.6 Å². The quantitative estimate of drug-likeness (QED) is 0.819. The van der Waals surface area contributed by atoms with Gasteiger partial charge in [0.05, 0.1) is 43.1 Å². The third-order valence-electron chi connectivity index (χ3n) is 4.51. The normalized spacial score (nSPS) is 25.3. The average Bonchev–Trinajstić information content (AvgIpc) is 2.97. The number of likely N-dealkylation sites (N-methyl/N-ethyl adjacent to an activating group) is 1. The molecule has 3 rings (SSSR count). The van der Waals surface area contributed by atoms with Gasteiger partial charge in [-0.05, 0) is 6.92 Å². The second kappa shape index (κ2) is 6.29. The van der Waals surface area contributed by atoms with E-state index in [1.54, 1.807) is 15.8 Å². The minimum absolute atomic E-state index is 0.0145. The number of aryl methyl sites for hydroxylation is 2. The second-order valence-electron chi connectivity index (χ2n) is 6.28. The molecule has 0 aromatic carbocycles. The number of carbonyl (C=O) groups excluding carboxylic acids is 2. The predicted octanol–water partition coefficient (Wildman–Crippen LogP) is -0.401. The fourth-order valence-electron chi connectivity index (χ4n) is 3.27. The maximum Gasteiger partial charge on any atom is 0.238 e. The molecule has 23 heavy (non-hydrogen) atoms. The van der Waals surface area contributed by atoms with Crippen LogP contribution in [0.4, 0.5) is 5.69 Å². The molecule has 3 heterocycles. The number of aromatic nitrogens is 2. The number of carbonyl (C=O) groups is 2. The Morgan fingerprint density at radius 3 is 2.91 bits per heavy atom. The molecule has 8 nitrogen and oxygen atoms in total. The van der Waals surface area contributed by atoms with Crippen LogP contribution in [0, 0.1) is 6.92 Å². The van der Waals surface area contributed by atoms with E-state index in [9.17, 15) is 9.59 Å². The third kappa shape index (κ3) is 3.37. The number of rotatable bonds is 3. The van der Waals surface area contributed by atoms with Gasteiger partial charge in [-0.15, -0.1) is 0 Å². The van der Waals surface area contributed by atoms with E-state index in [0.29, 0.717) is 26.1 Å². The SMILES string of the molecule is Cc1nn(C)cc1NC(=O)CN1C[C@@H]2OCCC(=O)N(C)[C@H]2C1. The maximum absolute atomic E-state index is 12.2. The van der Waals surface area contributed by atoms with Crippen molar-refractivity contribution in [1.29, 1.82) is 0 Å². The number of nitrogens with zero attached hydrogens (tertiary/aromatic N) is 4. The molecule has 0 unspecified atom stereocenters. The highest BCUT2D eigenvalue weighted by Gasteiger charge is 2.40. The Kier molecular flexibility index (Phi) is 4.36. The van der Waals surface area contributed by atoms with Crippen LogP contribution in [0.1, 0.15) is 12.1 Å². The average molecular weight is 321 g/mol. The second-order valence-corrected chi connectivity index (χ2v) is 6.28. The Bertz CT molecular complexity index is 614. The lowest BCUT2D eigenvalue weighted by Crippen LogP contribution is -2.43. The van der Waals surface area contributed by atoms with Crippen LogP contribution in [0.2, 0.25) is 0 Å². The largest absolute Gasteiger partial charge is 0.374 e. The van der Waals surface area contributed by atoms with Gasteiger partial charge in [0.25, 0.3) is 0 Å². The number of amides is 2. The number of hydrogen-bond acceptors (Lipinski definition) is 5. The molecule has 0 bridgehead atoms. The van der Waals surface area contributed by atoms with Gasteiger partial charge < -0.3 is 15.0 Å². The van der Waals surface area contributed by atoms with Gasteiger partial charge in [-0.2, -0.15) is 5.10 Å². The Morgan fingerprint density at radius 1 is 1.43 bits per heavy atom. The zero-order chi connectivity index (χ0) is 16.6. The van der Waals surface area contributed by atoms with E-state index in [1.165, 1.54) is 0 Å². The van der Waals surface area contributed by atoms with Gasteiger partial charge in [0.15, 0.2) is 0 Å². The Morgan fingerprint density at radius 2 is 2.22 bits per heavy atom. The summed E-state index contributed by atoms with van der Waals surface area (Å²) in [6.07, 6.45) is 2.21. The highest BCUT2D eigenvalue weighted by Crippen LogP contribution is 2.22. The standard InChI is InChI=1S/C15H23N5O3/c1-10-11(6-18(2)17-10)16-14(21)9-20-7-12-13(8-20)23-5-4-15(22)19(12)3/h6,12-13H,4-5,7-9H2,1-3H3,(H,16,21)/t12-,13-/m0/s1. The van der Waals surface area contributed by atoms with Crippen molar-refractivity contribution in [1.82, 2.24) is 19.6 Å². The van der Waals surface area contributed by atoms with E-state index >= 15 is 0 Å². The van der Waals surface area contributed by atoms with Gasteiger partial charge in [0.1, 0.15) is 0 Å². The van der Waals surface area contributed by atoms with Gasteiger partial charge in [-0.3, -0.25) is 19.2 Å². The minimum Gasteiger partial charge on any atom is -0.374 e. The molecular formula is C15H23N5O3. The summed E-state index contributed by atoms with van der Waals surface area (Å²) in [5, 5.41) is 7.09. The smallest absolute Gasteiger partial charge is 0.238 e. The highest BCUT2D eigenvalue weighted by molar-refractivity contribution is 5.92. The summed E-state index contributed by atoms with van der Waals surface area (Å²) in [6, 6.07) is 0.0259. The molecule has 2 atom stereocenters. The summed E-state index contributed by atoms with van der Waals surface area (Å²) in [4.78, 5) is 27.9. The Hall–Kier alpha value is -1.93. The molecule has 126 valence electrons. The van der Waals surface area contributed by atoms with Crippen molar-refractivity contribution < 1.29 is 14.3 Å². The van der Waals surface area contributed by atoms with Crippen LogP contribution in [0.15, 0.2) is 6.20 Å². The Balaban J connectivity index is 1.58. The summed E-state index contributed by atoms with van der Waals surface area (Å²) in [7, 11) is 3.64. The van der Waals surface area contributed by atoms with Gasteiger partial charge >= 0.3 is 0 Å². The maximum atomic E-state index is 12.2. The number of nitrogens with one attached hydrogen (secondary N) is 1. The molecule has 2 amide bonds. The fraction of sp³-hybridized carbons (Fsp3) is 0.667. The molecule has 2 saturated heterocycles. The first-order valence-electron chi connectivity index (χ1n) is 7.83. The monoisotopic (exact) mass is 321 g/mol. The molecule has 1 aromatic rings.